The lowest BCUT2D eigenvalue weighted by Gasteiger charge is -1.94. The molecular formula is C7H11O2. The molecule has 2 nitrogen and oxygen atoms in total. The number of hydrogen-bond donors (Lipinski definition) is 0. The fraction of sp³-hybridized carbons (Fsp3) is 0.857. The fourth-order valence-electron chi connectivity index (χ4n) is 1.40. The fourth-order valence-corrected chi connectivity index (χ4v) is 1.40. The van der Waals surface area contributed by atoms with Crippen molar-refractivity contribution in [2.24, 2.45) is 17.3 Å². The van der Waals surface area contributed by atoms with Crippen LogP contribution in [0, 0.1) is 17.3 Å². The van der Waals surface area contributed by atoms with E-state index < -0.39 is 5.97 Å². The molecule has 0 aromatic carbocycles. The first kappa shape index (κ1) is 6.59. The molecule has 0 aromatic rings. The van der Waals surface area contributed by atoms with Crippen molar-refractivity contribution in [2.75, 3.05) is 0 Å². The van der Waals surface area contributed by atoms with Crippen LogP contribution in [0.25, 0.3) is 0 Å². The predicted octanol–water partition coefficient (Wildman–Crippen LogP) is 1.24. The molecule has 0 amide bonds. The van der Waals surface area contributed by atoms with Crippen LogP contribution in [0.4, 0.5) is 0 Å². The molecule has 1 radical (unpaired) electrons. The summed E-state index contributed by atoms with van der Waals surface area (Å²) in [5.74, 6) is -0.813. The Hall–Kier alpha value is -0.530. The Kier molecular flexibility index (Phi) is 1.09. The Balaban J connectivity index is 2.62. The van der Waals surface area contributed by atoms with Gasteiger partial charge in [0, 0.05) is 0 Å². The van der Waals surface area contributed by atoms with Gasteiger partial charge in [-0.25, -0.2) is 9.90 Å². The van der Waals surface area contributed by atoms with Gasteiger partial charge in [0.25, 0.3) is 0 Å². The molecule has 2 unspecified atom stereocenters. The Morgan fingerprint density at radius 1 is 1.44 bits per heavy atom. The standard InChI is InChI=1S/C7H11O2/c1-4-5(6(8)9)7(4,2)3/h4-5H,1-3H3. The highest BCUT2D eigenvalue weighted by atomic mass is 16.4. The third-order valence-corrected chi connectivity index (χ3v) is 2.62. The van der Waals surface area contributed by atoms with Crippen LogP contribution < -0.4 is 0 Å². The molecule has 51 valence electrons. The summed E-state index contributed by atoms with van der Waals surface area (Å²) in [5.41, 5.74) is -0.0150. The molecule has 1 fully saturated rings. The van der Waals surface area contributed by atoms with Gasteiger partial charge in [-0.1, -0.05) is 20.8 Å². The summed E-state index contributed by atoms with van der Waals surface area (Å²) in [5, 5.41) is 10.3. The molecule has 1 aliphatic rings. The smallest absolute Gasteiger partial charge is 0.247 e. The van der Waals surface area contributed by atoms with Gasteiger partial charge >= 0.3 is 5.97 Å². The van der Waals surface area contributed by atoms with Gasteiger partial charge in [-0.05, 0) is 11.3 Å². The monoisotopic (exact) mass is 127 g/mol. The predicted molar refractivity (Wildman–Crippen MR) is 32.1 cm³/mol. The van der Waals surface area contributed by atoms with E-state index in [4.69, 9.17) is 0 Å². The Labute approximate surface area is 54.9 Å². The first-order valence-corrected chi connectivity index (χ1v) is 3.18. The minimum Gasteiger partial charge on any atom is -0.247 e. The van der Waals surface area contributed by atoms with Crippen molar-refractivity contribution in [1.29, 1.82) is 0 Å². The van der Waals surface area contributed by atoms with Crippen molar-refractivity contribution in [3.8, 4) is 0 Å². The van der Waals surface area contributed by atoms with Crippen molar-refractivity contribution in [1.82, 2.24) is 0 Å². The van der Waals surface area contributed by atoms with Crippen LogP contribution in [0.15, 0.2) is 0 Å². The van der Waals surface area contributed by atoms with E-state index in [9.17, 15) is 9.90 Å². The third kappa shape index (κ3) is 0.732. The molecule has 0 heterocycles. The van der Waals surface area contributed by atoms with E-state index in [0.29, 0.717) is 5.92 Å². The average Bonchev–Trinajstić information content (AvgIpc) is 2.07. The summed E-state index contributed by atoms with van der Waals surface area (Å²) in [6.45, 7) is 5.86. The molecule has 0 aliphatic heterocycles. The SMILES string of the molecule is CC1C(C([O])=O)C1(C)C. The van der Waals surface area contributed by atoms with Gasteiger partial charge in [0.05, 0.1) is 5.92 Å². The lowest BCUT2D eigenvalue weighted by atomic mass is 10.1. The maximum Gasteiger partial charge on any atom is 0.359 e. The number of carbonyl (C=O) groups is 1. The number of rotatable bonds is 1. The maximum atomic E-state index is 10.3. The topological polar surface area (TPSA) is 37.0 Å². The quantitative estimate of drug-likeness (QED) is 0.522. The first-order chi connectivity index (χ1) is 3.98. The lowest BCUT2D eigenvalue weighted by Crippen LogP contribution is -2.01. The molecule has 2 atom stereocenters. The van der Waals surface area contributed by atoms with E-state index in [0.717, 1.165) is 0 Å². The van der Waals surface area contributed by atoms with E-state index in [1.807, 2.05) is 20.8 Å². The number of carbonyl (C=O) groups excluding carboxylic acids is 1. The summed E-state index contributed by atoms with van der Waals surface area (Å²) in [4.78, 5) is 10.3. The van der Waals surface area contributed by atoms with E-state index >= 15 is 0 Å². The highest BCUT2D eigenvalue weighted by Crippen LogP contribution is 2.57. The molecule has 1 aliphatic carbocycles. The third-order valence-electron chi connectivity index (χ3n) is 2.62. The van der Waals surface area contributed by atoms with Crippen LogP contribution in [-0.2, 0) is 9.90 Å². The molecule has 1 rings (SSSR count). The number of hydrogen-bond acceptors (Lipinski definition) is 1. The molecule has 1 saturated carbocycles. The largest absolute Gasteiger partial charge is 0.359 e. The lowest BCUT2D eigenvalue weighted by molar-refractivity contribution is -0.145. The van der Waals surface area contributed by atoms with Crippen LogP contribution in [0.2, 0.25) is 0 Å². The van der Waals surface area contributed by atoms with Crippen molar-refractivity contribution in [2.45, 2.75) is 20.8 Å². The van der Waals surface area contributed by atoms with Gasteiger partial charge in [0.15, 0.2) is 0 Å². The second-order valence-corrected chi connectivity index (χ2v) is 3.41. The van der Waals surface area contributed by atoms with Crippen LogP contribution in [-0.4, -0.2) is 5.97 Å². The van der Waals surface area contributed by atoms with E-state index in [2.05, 4.69) is 0 Å². The van der Waals surface area contributed by atoms with Gasteiger partial charge in [-0.2, -0.15) is 0 Å². The van der Waals surface area contributed by atoms with Gasteiger partial charge in [-0.3, -0.25) is 0 Å². The van der Waals surface area contributed by atoms with Gasteiger partial charge in [0.1, 0.15) is 0 Å². The van der Waals surface area contributed by atoms with E-state index in [-0.39, 0.29) is 11.3 Å². The zero-order valence-electron chi connectivity index (χ0n) is 5.97. The molecule has 0 saturated heterocycles. The molecule has 0 aromatic heterocycles. The summed E-state index contributed by atoms with van der Waals surface area (Å²) in [6.07, 6.45) is 0. The molecular weight excluding hydrogens is 116 g/mol. The highest BCUT2D eigenvalue weighted by Gasteiger charge is 2.59. The van der Waals surface area contributed by atoms with E-state index in [1.54, 1.807) is 0 Å². The summed E-state index contributed by atoms with van der Waals surface area (Å²) >= 11 is 0. The Morgan fingerprint density at radius 2 is 1.78 bits per heavy atom. The summed E-state index contributed by atoms with van der Waals surface area (Å²) in [7, 11) is 0. The minimum atomic E-state index is -0.896. The Morgan fingerprint density at radius 3 is 1.78 bits per heavy atom. The van der Waals surface area contributed by atoms with Gasteiger partial charge < -0.3 is 0 Å². The summed E-state index contributed by atoms with van der Waals surface area (Å²) < 4.78 is 0. The second kappa shape index (κ2) is 1.49. The van der Waals surface area contributed by atoms with E-state index in [1.165, 1.54) is 0 Å². The normalized spacial score (nSPS) is 38.1. The molecule has 9 heavy (non-hydrogen) atoms. The first-order valence-electron chi connectivity index (χ1n) is 3.18. The van der Waals surface area contributed by atoms with Crippen molar-refractivity contribution in [3.05, 3.63) is 0 Å². The average molecular weight is 127 g/mol. The van der Waals surface area contributed by atoms with Crippen molar-refractivity contribution >= 4 is 5.97 Å². The summed E-state index contributed by atoms with van der Waals surface area (Å²) in [6, 6.07) is 0. The minimum absolute atomic E-state index is 0.0150. The molecule has 0 bridgehead atoms. The zero-order chi connectivity index (χ0) is 7.23. The second-order valence-electron chi connectivity index (χ2n) is 3.41. The van der Waals surface area contributed by atoms with Crippen molar-refractivity contribution < 1.29 is 9.90 Å². The molecule has 2 heteroatoms. The highest BCUT2D eigenvalue weighted by molar-refractivity contribution is 5.74. The van der Waals surface area contributed by atoms with Gasteiger partial charge in [0.2, 0.25) is 0 Å². The molecule has 0 spiro atoms. The van der Waals surface area contributed by atoms with Gasteiger partial charge in [-0.15, -0.1) is 0 Å². The van der Waals surface area contributed by atoms with Crippen LogP contribution in [0.3, 0.4) is 0 Å². The van der Waals surface area contributed by atoms with Crippen LogP contribution >= 0.6 is 0 Å². The van der Waals surface area contributed by atoms with Crippen LogP contribution in [0.5, 0.6) is 0 Å². The Bertz CT molecular complexity index is 149. The van der Waals surface area contributed by atoms with Crippen molar-refractivity contribution in [3.63, 3.8) is 0 Å². The van der Waals surface area contributed by atoms with Crippen LogP contribution in [0.1, 0.15) is 20.8 Å². The maximum absolute atomic E-state index is 10.3. The zero-order valence-corrected chi connectivity index (χ0v) is 5.97. The molecule has 0 N–H and O–H groups in total.